The number of benzene rings is 1. The lowest BCUT2D eigenvalue weighted by Gasteiger charge is -2.33. The van der Waals surface area contributed by atoms with Crippen LogP contribution in [0.2, 0.25) is 0 Å². The number of aromatic hydroxyl groups is 1. The largest absolute Gasteiger partial charge is 0.506 e. The van der Waals surface area contributed by atoms with Gasteiger partial charge in [0.25, 0.3) is 5.91 Å². The van der Waals surface area contributed by atoms with E-state index < -0.39 is 0 Å². The Morgan fingerprint density at radius 1 is 1.44 bits per heavy atom. The lowest BCUT2D eigenvalue weighted by molar-refractivity contribution is 0.0982. The Kier molecular flexibility index (Phi) is 4.93. The summed E-state index contributed by atoms with van der Waals surface area (Å²) in [7, 11) is 0. The van der Waals surface area contributed by atoms with Gasteiger partial charge in [0.2, 0.25) is 5.88 Å². The van der Waals surface area contributed by atoms with Crippen LogP contribution in [0.5, 0.6) is 11.6 Å². The Labute approximate surface area is 148 Å². The van der Waals surface area contributed by atoms with Crippen molar-refractivity contribution in [2.45, 2.75) is 45.6 Å². The van der Waals surface area contributed by atoms with Gasteiger partial charge in [-0.15, -0.1) is 0 Å². The molecule has 1 aromatic carbocycles. The van der Waals surface area contributed by atoms with Crippen molar-refractivity contribution in [3.8, 4) is 11.6 Å². The van der Waals surface area contributed by atoms with Crippen LogP contribution in [0.4, 0.5) is 5.69 Å². The van der Waals surface area contributed by atoms with Crippen molar-refractivity contribution in [3.63, 3.8) is 0 Å². The highest BCUT2D eigenvalue weighted by Gasteiger charge is 2.29. The lowest BCUT2D eigenvalue weighted by atomic mass is 9.90. The third-order valence-corrected chi connectivity index (χ3v) is 4.76. The van der Waals surface area contributed by atoms with Gasteiger partial charge < -0.3 is 14.7 Å². The average Bonchev–Trinajstić information content (AvgIpc) is 2.62. The molecule has 132 valence electrons. The first kappa shape index (κ1) is 17.3. The monoisotopic (exact) mass is 340 g/mol. The number of amides is 1. The number of fused-ring (bicyclic) bond motifs is 1. The quantitative estimate of drug-likeness (QED) is 0.909. The molecule has 0 fully saturated rings. The SMILES string of the molecule is CCC(C)Oc1cc(C(=O)N2CCC(C)c3cccc(O)c32)ccn1. The molecule has 25 heavy (non-hydrogen) atoms. The van der Waals surface area contributed by atoms with Gasteiger partial charge in [-0.05, 0) is 43.4 Å². The van der Waals surface area contributed by atoms with Crippen molar-refractivity contribution in [2.75, 3.05) is 11.4 Å². The number of hydrogen-bond donors (Lipinski definition) is 1. The van der Waals surface area contributed by atoms with Crippen molar-refractivity contribution in [3.05, 3.63) is 47.7 Å². The first-order valence-corrected chi connectivity index (χ1v) is 8.77. The van der Waals surface area contributed by atoms with Crippen LogP contribution in [0, 0.1) is 0 Å². The van der Waals surface area contributed by atoms with E-state index in [1.807, 2.05) is 26.0 Å². The van der Waals surface area contributed by atoms with Crippen LogP contribution in [0.3, 0.4) is 0 Å². The molecule has 0 spiro atoms. The van der Waals surface area contributed by atoms with Crippen LogP contribution in [0.1, 0.15) is 55.5 Å². The summed E-state index contributed by atoms with van der Waals surface area (Å²) in [5.74, 6) is 0.754. The predicted molar refractivity (Wildman–Crippen MR) is 97.4 cm³/mol. The number of phenols is 1. The highest BCUT2D eigenvalue weighted by molar-refractivity contribution is 6.07. The molecule has 0 aliphatic carbocycles. The minimum absolute atomic E-state index is 0.0402. The van der Waals surface area contributed by atoms with Gasteiger partial charge in [-0.25, -0.2) is 4.98 Å². The number of ether oxygens (including phenoxy) is 1. The topological polar surface area (TPSA) is 62.7 Å². The molecule has 2 aromatic rings. The van der Waals surface area contributed by atoms with Gasteiger partial charge >= 0.3 is 0 Å². The molecule has 5 nitrogen and oxygen atoms in total. The maximum Gasteiger partial charge on any atom is 0.258 e. The molecule has 0 saturated carbocycles. The number of pyridine rings is 1. The molecule has 1 amide bonds. The van der Waals surface area contributed by atoms with Crippen molar-refractivity contribution in [1.29, 1.82) is 0 Å². The van der Waals surface area contributed by atoms with Crippen molar-refractivity contribution >= 4 is 11.6 Å². The van der Waals surface area contributed by atoms with Crippen LogP contribution in [0.15, 0.2) is 36.5 Å². The third-order valence-electron chi connectivity index (χ3n) is 4.76. The summed E-state index contributed by atoms with van der Waals surface area (Å²) in [4.78, 5) is 18.9. The standard InChI is InChI=1S/C20H24N2O3/c1-4-14(3)25-18-12-15(8-10-21-18)20(24)22-11-9-13(2)16-6-5-7-17(23)19(16)22/h5-8,10,12-14,23H,4,9,11H2,1-3H3. The van der Waals surface area contributed by atoms with E-state index in [0.717, 1.165) is 18.4 Å². The van der Waals surface area contributed by atoms with Gasteiger partial charge in [0.1, 0.15) is 5.75 Å². The Morgan fingerprint density at radius 3 is 3.00 bits per heavy atom. The van der Waals surface area contributed by atoms with Gasteiger partial charge in [0, 0.05) is 24.4 Å². The second-order valence-corrected chi connectivity index (χ2v) is 6.58. The summed E-state index contributed by atoms with van der Waals surface area (Å²) in [6.07, 6.45) is 3.36. The molecule has 1 aliphatic rings. The van der Waals surface area contributed by atoms with E-state index in [0.29, 0.717) is 29.6 Å². The van der Waals surface area contributed by atoms with E-state index in [2.05, 4.69) is 11.9 Å². The molecule has 5 heteroatoms. The van der Waals surface area contributed by atoms with Crippen LogP contribution >= 0.6 is 0 Å². The van der Waals surface area contributed by atoms with Crippen molar-refractivity contribution in [2.24, 2.45) is 0 Å². The van der Waals surface area contributed by atoms with Crippen LogP contribution < -0.4 is 9.64 Å². The maximum atomic E-state index is 13.1. The van der Waals surface area contributed by atoms with Crippen LogP contribution in [-0.2, 0) is 0 Å². The van der Waals surface area contributed by atoms with E-state index in [1.54, 1.807) is 29.3 Å². The number of hydrogen-bond acceptors (Lipinski definition) is 4. The number of rotatable bonds is 4. The summed E-state index contributed by atoms with van der Waals surface area (Å²) in [6, 6.07) is 8.78. The Bertz CT molecular complexity index is 775. The number of carbonyl (C=O) groups excluding carboxylic acids is 1. The fourth-order valence-electron chi connectivity index (χ4n) is 3.09. The second kappa shape index (κ2) is 7.13. The first-order valence-electron chi connectivity index (χ1n) is 8.77. The summed E-state index contributed by atoms with van der Waals surface area (Å²) >= 11 is 0. The molecule has 0 radical (unpaired) electrons. The molecule has 3 rings (SSSR count). The van der Waals surface area contributed by atoms with Crippen LogP contribution in [-0.4, -0.2) is 28.6 Å². The summed E-state index contributed by atoms with van der Waals surface area (Å²) < 4.78 is 5.72. The number of nitrogens with zero attached hydrogens (tertiary/aromatic N) is 2. The van der Waals surface area contributed by atoms with Gasteiger partial charge in [-0.1, -0.05) is 26.0 Å². The van der Waals surface area contributed by atoms with Crippen molar-refractivity contribution < 1.29 is 14.6 Å². The molecular formula is C20H24N2O3. The fourth-order valence-corrected chi connectivity index (χ4v) is 3.09. The molecular weight excluding hydrogens is 316 g/mol. The molecule has 0 saturated heterocycles. The number of carbonyl (C=O) groups is 1. The Morgan fingerprint density at radius 2 is 2.24 bits per heavy atom. The van der Waals surface area contributed by atoms with Gasteiger partial charge in [-0.2, -0.15) is 0 Å². The fraction of sp³-hybridized carbons (Fsp3) is 0.400. The molecule has 1 aromatic heterocycles. The van der Waals surface area contributed by atoms with Crippen LogP contribution in [0.25, 0.3) is 0 Å². The molecule has 1 aliphatic heterocycles. The van der Waals surface area contributed by atoms with E-state index in [1.165, 1.54) is 0 Å². The minimum atomic E-state index is -0.147. The van der Waals surface area contributed by atoms with E-state index in [4.69, 9.17) is 4.74 Å². The maximum absolute atomic E-state index is 13.1. The zero-order valence-electron chi connectivity index (χ0n) is 14.9. The summed E-state index contributed by atoms with van der Waals surface area (Å²) in [6.45, 7) is 6.70. The zero-order valence-corrected chi connectivity index (χ0v) is 14.9. The Hall–Kier alpha value is -2.56. The minimum Gasteiger partial charge on any atom is -0.506 e. The number of phenolic OH excluding ortho intramolecular Hbond substituents is 1. The summed E-state index contributed by atoms with van der Waals surface area (Å²) in [5, 5.41) is 10.3. The highest BCUT2D eigenvalue weighted by atomic mass is 16.5. The zero-order chi connectivity index (χ0) is 18.0. The molecule has 0 bridgehead atoms. The van der Waals surface area contributed by atoms with Crippen molar-refractivity contribution in [1.82, 2.24) is 4.98 Å². The normalized spacial score (nSPS) is 17.7. The number of para-hydroxylation sites is 1. The molecule has 2 unspecified atom stereocenters. The van der Waals surface area contributed by atoms with E-state index >= 15 is 0 Å². The first-order chi connectivity index (χ1) is 12.0. The Balaban J connectivity index is 1.92. The second-order valence-electron chi connectivity index (χ2n) is 6.58. The number of aromatic nitrogens is 1. The number of anilines is 1. The van der Waals surface area contributed by atoms with E-state index in [9.17, 15) is 9.90 Å². The predicted octanol–water partition coefficient (Wildman–Crippen LogP) is 4.12. The van der Waals surface area contributed by atoms with Gasteiger partial charge in [0.05, 0.1) is 11.8 Å². The highest BCUT2D eigenvalue weighted by Crippen LogP contribution is 2.41. The lowest BCUT2D eigenvalue weighted by Crippen LogP contribution is -2.36. The molecule has 2 atom stereocenters. The smallest absolute Gasteiger partial charge is 0.258 e. The van der Waals surface area contributed by atoms with Gasteiger partial charge in [0.15, 0.2) is 0 Å². The third kappa shape index (κ3) is 3.45. The van der Waals surface area contributed by atoms with E-state index in [-0.39, 0.29) is 17.8 Å². The molecule has 1 N–H and O–H groups in total. The molecule has 2 heterocycles. The average molecular weight is 340 g/mol. The van der Waals surface area contributed by atoms with Gasteiger partial charge in [-0.3, -0.25) is 4.79 Å². The summed E-state index contributed by atoms with van der Waals surface area (Å²) in [5.41, 5.74) is 2.13.